The molecule has 6 heteroatoms. The summed E-state index contributed by atoms with van der Waals surface area (Å²) in [4.78, 5) is 26.7. The van der Waals surface area contributed by atoms with Gasteiger partial charge >= 0.3 is 0 Å². The van der Waals surface area contributed by atoms with E-state index in [4.69, 9.17) is 5.26 Å². The molecule has 1 fully saturated rings. The van der Waals surface area contributed by atoms with Crippen molar-refractivity contribution in [3.63, 3.8) is 0 Å². The molecule has 1 aromatic carbocycles. The van der Waals surface area contributed by atoms with Crippen LogP contribution in [0.2, 0.25) is 0 Å². The van der Waals surface area contributed by atoms with E-state index in [-0.39, 0.29) is 18.2 Å². The van der Waals surface area contributed by atoms with Crippen molar-refractivity contribution in [2.24, 2.45) is 4.99 Å². The van der Waals surface area contributed by atoms with Crippen molar-refractivity contribution in [1.29, 1.82) is 5.26 Å². The minimum absolute atomic E-state index is 0.0690. The van der Waals surface area contributed by atoms with Gasteiger partial charge in [0.05, 0.1) is 23.7 Å². The maximum Gasteiger partial charge on any atom is 0.255 e. The molecule has 0 spiro atoms. The summed E-state index contributed by atoms with van der Waals surface area (Å²) in [6.45, 7) is 1.30. The molecule has 0 aromatic heterocycles. The van der Waals surface area contributed by atoms with Gasteiger partial charge in [-0.05, 0) is 24.3 Å². The number of hydrazine groups is 1. The van der Waals surface area contributed by atoms with Gasteiger partial charge in [-0.3, -0.25) is 15.0 Å². The van der Waals surface area contributed by atoms with Gasteiger partial charge in [-0.25, -0.2) is 4.99 Å². The van der Waals surface area contributed by atoms with Crippen LogP contribution in [0.25, 0.3) is 0 Å². The van der Waals surface area contributed by atoms with Crippen LogP contribution in [-0.2, 0) is 9.59 Å². The van der Waals surface area contributed by atoms with Crippen LogP contribution in [0.4, 0.5) is 5.69 Å². The third kappa shape index (κ3) is 2.35. The fourth-order valence-corrected chi connectivity index (χ4v) is 1.54. The number of rotatable bonds is 1. The number of benzene rings is 1. The summed E-state index contributed by atoms with van der Waals surface area (Å²) in [5, 5.41) is 9.59. The van der Waals surface area contributed by atoms with Crippen LogP contribution < -0.4 is 5.43 Å². The van der Waals surface area contributed by atoms with Gasteiger partial charge in [0.1, 0.15) is 5.84 Å². The zero-order valence-corrected chi connectivity index (χ0v) is 9.67. The maximum absolute atomic E-state index is 11.4. The van der Waals surface area contributed by atoms with E-state index in [0.717, 1.165) is 5.01 Å². The zero-order chi connectivity index (χ0) is 13.1. The Morgan fingerprint density at radius 1 is 1.44 bits per heavy atom. The lowest BCUT2D eigenvalue weighted by atomic mass is 10.2. The van der Waals surface area contributed by atoms with Gasteiger partial charge in [-0.15, -0.1) is 0 Å². The fourth-order valence-electron chi connectivity index (χ4n) is 1.54. The number of hydrogen-bond acceptors (Lipinski definition) is 4. The second kappa shape index (κ2) is 4.67. The predicted octanol–water partition coefficient (Wildman–Crippen LogP) is 0.872. The molecule has 0 bridgehead atoms. The molecule has 1 N–H and O–H groups in total. The summed E-state index contributed by atoms with van der Waals surface area (Å²) in [5.41, 5.74) is 3.80. The Morgan fingerprint density at radius 3 is 2.61 bits per heavy atom. The first kappa shape index (κ1) is 11.8. The number of carbonyl (C=O) groups is 2. The van der Waals surface area contributed by atoms with E-state index < -0.39 is 0 Å². The lowest BCUT2D eigenvalue weighted by molar-refractivity contribution is -0.143. The highest BCUT2D eigenvalue weighted by atomic mass is 16.2. The minimum Gasteiger partial charge on any atom is -0.275 e. The molecule has 90 valence electrons. The molecular formula is C12H10N4O2. The monoisotopic (exact) mass is 242 g/mol. The lowest BCUT2D eigenvalue weighted by Gasteiger charge is -2.09. The first-order chi connectivity index (χ1) is 8.60. The molecule has 0 atom stereocenters. The van der Waals surface area contributed by atoms with Crippen molar-refractivity contribution in [3.8, 4) is 6.07 Å². The summed E-state index contributed by atoms with van der Waals surface area (Å²) in [7, 11) is 0. The van der Waals surface area contributed by atoms with Crippen LogP contribution in [0.3, 0.4) is 0 Å². The van der Waals surface area contributed by atoms with Gasteiger partial charge in [-0.2, -0.15) is 10.3 Å². The van der Waals surface area contributed by atoms with E-state index in [1.807, 2.05) is 6.07 Å². The molecule has 1 saturated heterocycles. The van der Waals surface area contributed by atoms with Crippen molar-refractivity contribution in [2.45, 2.75) is 13.3 Å². The minimum atomic E-state index is -0.370. The highest BCUT2D eigenvalue weighted by Gasteiger charge is 2.28. The molecule has 2 rings (SSSR count). The normalized spacial score (nSPS) is 16.6. The highest BCUT2D eigenvalue weighted by Crippen LogP contribution is 2.15. The molecule has 2 amide bonds. The van der Waals surface area contributed by atoms with E-state index in [2.05, 4.69) is 10.4 Å². The van der Waals surface area contributed by atoms with E-state index in [1.165, 1.54) is 6.92 Å². The third-order valence-electron chi connectivity index (χ3n) is 2.38. The number of amides is 2. The molecule has 1 heterocycles. The molecule has 1 aromatic rings. The summed E-state index contributed by atoms with van der Waals surface area (Å²) >= 11 is 0. The Kier molecular flexibility index (Phi) is 3.06. The largest absolute Gasteiger partial charge is 0.275 e. The number of nitriles is 1. The first-order valence-electron chi connectivity index (χ1n) is 5.28. The van der Waals surface area contributed by atoms with Crippen LogP contribution in [0.15, 0.2) is 29.3 Å². The molecule has 0 saturated carbocycles. The average molecular weight is 242 g/mol. The van der Waals surface area contributed by atoms with Crippen molar-refractivity contribution < 1.29 is 9.59 Å². The molecule has 1 aliphatic heterocycles. The third-order valence-corrected chi connectivity index (χ3v) is 2.38. The molecule has 18 heavy (non-hydrogen) atoms. The molecular weight excluding hydrogens is 232 g/mol. The zero-order valence-electron chi connectivity index (χ0n) is 9.67. The van der Waals surface area contributed by atoms with Crippen molar-refractivity contribution in [1.82, 2.24) is 10.4 Å². The Morgan fingerprint density at radius 2 is 2.11 bits per heavy atom. The Balaban J connectivity index is 2.17. The number of imide groups is 1. The number of carbonyl (C=O) groups excluding carboxylic acids is 2. The highest BCUT2D eigenvalue weighted by molar-refractivity contribution is 6.11. The van der Waals surface area contributed by atoms with Gasteiger partial charge in [0.2, 0.25) is 5.91 Å². The van der Waals surface area contributed by atoms with Gasteiger partial charge in [0.25, 0.3) is 5.91 Å². The molecule has 0 radical (unpaired) electrons. The Bertz CT molecular complexity index is 569. The first-order valence-corrected chi connectivity index (χ1v) is 5.28. The van der Waals surface area contributed by atoms with Gasteiger partial charge in [0, 0.05) is 6.92 Å². The quantitative estimate of drug-likeness (QED) is 0.791. The van der Waals surface area contributed by atoms with Crippen LogP contribution in [0.5, 0.6) is 0 Å². The van der Waals surface area contributed by atoms with E-state index in [1.54, 1.807) is 24.3 Å². The molecule has 0 unspecified atom stereocenters. The number of hydrogen-bond donors (Lipinski definition) is 1. The maximum atomic E-state index is 11.4. The van der Waals surface area contributed by atoms with Crippen molar-refractivity contribution >= 4 is 23.3 Å². The molecule has 6 nitrogen and oxygen atoms in total. The summed E-state index contributed by atoms with van der Waals surface area (Å²) in [6, 6.07) is 8.63. The van der Waals surface area contributed by atoms with Gasteiger partial charge in [0.15, 0.2) is 0 Å². The number of aliphatic imine (C=N–C) groups is 1. The fraction of sp³-hybridized carbons (Fsp3) is 0.167. The van der Waals surface area contributed by atoms with E-state index in [9.17, 15) is 9.59 Å². The van der Waals surface area contributed by atoms with E-state index >= 15 is 0 Å². The lowest BCUT2D eigenvalue weighted by Crippen LogP contribution is -2.39. The number of amidine groups is 1. The van der Waals surface area contributed by atoms with Crippen LogP contribution in [0.1, 0.15) is 18.9 Å². The molecule has 0 aliphatic carbocycles. The Hall–Kier alpha value is -2.68. The van der Waals surface area contributed by atoms with Gasteiger partial charge in [-0.1, -0.05) is 0 Å². The second-order valence-corrected chi connectivity index (χ2v) is 3.75. The Labute approximate surface area is 104 Å². The van der Waals surface area contributed by atoms with Crippen LogP contribution >= 0.6 is 0 Å². The SMILES string of the molecule is CC(=O)N1NC(=Nc2ccc(C#N)cc2)CC1=O. The van der Waals surface area contributed by atoms with Crippen LogP contribution in [0, 0.1) is 11.3 Å². The van der Waals surface area contributed by atoms with Crippen molar-refractivity contribution in [2.75, 3.05) is 0 Å². The van der Waals surface area contributed by atoms with Crippen molar-refractivity contribution in [3.05, 3.63) is 29.8 Å². The summed E-state index contributed by atoms with van der Waals surface area (Å²) in [6.07, 6.45) is 0.0690. The smallest absolute Gasteiger partial charge is 0.255 e. The summed E-state index contributed by atoms with van der Waals surface area (Å²) in [5.74, 6) is -0.278. The van der Waals surface area contributed by atoms with Crippen LogP contribution in [-0.4, -0.2) is 22.7 Å². The predicted molar refractivity (Wildman–Crippen MR) is 63.5 cm³/mol. The standard InChI is InChI=1S/C12H10N4O2/c1-8(17)16-12(18)6-11(15-16)14-10-4-2-9(7-13)3-5-10/h2-5H,6H2,1H3,(H,14,15). The topological polar surface area (TPSA) is 85.6 Å². The van der Waals surface area contributed by atoms with Gasteiger partial charge < -0.3 is 0 Å². The average Bonchev–Trinajstić information content (AvgIpc) is 2.71. The van der Waals surface area contributed by atoms with E-state index in [0.29, 0.717) is 17.1 Å². The summed E-state index contributed by atoms with van der Waals surface area (Å²) < 4.78 is 0. The number of nitrogens with zero attached hydrogens (tertiary/aromatic N) is 3. The number of nitrogens with one attached hydrogen (secondary N) is 1. The molecule has 1 aliphatic rings. The second-order valence-electron chi connectivity index (χ2n) is 3.75.